The molecule has 1 atom stereocenters. The van der Waals surface area contributed by atoms with Crippen LogP contribution in [0.15, 0.2) is 6.07 Å². The van der Waals surface area contributed by atoms with E-state index >= 15 is 0 Å². The normalized spacial score (nSPS) is 13.0. The number of aryl methyl sites for hydroxylation is 1. The number of hydrogen-bond donors (Lipinski definition) is 1. The molecule has 1 aromatic heterocycles. The van der Waals surface area contributed by atoms with Gasteiger partial charge in [-0.2, -0.15) is 0 Å². The van der Waals surface area contributed by atoms with Crippen molar-refractivity contribution >= 4 is 11.3 Å². The molecule has 1 unspecified atom stereocenters. The van der Waals surface area contributed by atoms with Gasteiger partial charge >= 0.3 is 0 Å². The molecule has 0 bridgehead atoms. The van der Waals surface area contributed by atoms with Crippen LogP contribution in [0, 0.1) is 6.92 Å². The average molecular weight is 312 g/mol. The van der Waals surface area contributed by atoms with E-state index in [-0.39, 0.29) is 0 Å². The molecule has 0 aliphatic heterocycles. The predicted octanol–water partition coefficient (Wildman–Crippen LogP) is 5.43. The van der Waals surface area contributed by atoms with Crippen LogP contribution in [0.3, 0.4) is 0 Å². The largest absolute Gasteiger partial charge is 0.374 e. The first-order chi connectivity index (χ1) is 10.0. The summed E-state index contributed by atoms with van der Waals surface area (Å²) in [5.41, 5.74) is 1.36. The van der Waals surface area contributed by atoms with Gasteiger partial charge in [0.05, 0.1) is 12.7 Å². The van der Waals surface area contributed by atoms with Crippen LogP contribution in [0.2, 0.25) is 0 Å². The van der Waals surface area contributed by atoms with E-state index in [0.717, 1.165) is 13.2 Å². The van der Waals surface area contributed by atoms with Crippen LogP contribution in [0.5, 0.6) is 0 Å². The Labute approximate surface area is 135 Å². The molecule has 0 radical (unpaired) electrons. The second kappa shape index (κ2) is 10.4. The molecule has 0 amide bonds. The van der Waals surface area contributed by atoms with Gasteiger partial charge in [0.15, 0.2) is 0 Å². The number of nitrogens with one attached hydrogen (secondary N) is 1. The summed E-state index contributed by atoms with van der Waals surface area (Å²) in [4.78, 5) is 2.81. The standard InChI is InChI=1S/C18H33NOS/c1-6-7-8-9-10-15(4)20-13-17-11-18(21-16(17)5)12-19-14(2)3/h11,14-15,19H,6-10,12-13H2,1-5H3. The van der Waals surface area contributed by atoms with E-state index in [1.54, 1.807) is 0 Å². The Bertz CT molecular complexity index is 387. The van der Waals surface area contributed by atoms with Crippen molar-refractivity contribution in [3.05, 3.63) is 21.4 Å². The SMILES string of the molecule is CCCCCCC(C)OCc1cc(CNC(C)C)sc1C. The maximum atomic E-state index is 6.01. The Morgan fingerprint density at radius 3 is 2.62 bits per heavy atom. The minimum atomic E-state index is 0.374. The van der Waals surface area contributed by atoms with Crippen LogP contribution < -0.4 is 5.32 Å². The van der Waals surface area contributed by atoms with Gasteiger partial charge in [-0.3, -0.25) is 0 Å². The highest BCUT2D eigenvalue weighted by Crippen LogP contribution is 2.23. The van der Waals surface area contributed by atoms with E-state index in [9.17, 15) is 0 Å². The summed E-state index contributed by atoms with van der Waals surface area (Å²) in [7, 11) is 0. The Morgan fingerprint density at radius 1 is 1.19 bits per heavy atom. The van der Waals surface area contributed by atoms with E-state index < -0.39 is 0 Å². The van der Waals surface area contributed by atoms with Gasteiger partial charge in [0.1, 0.15) is 0 Å². The first-order valence-corrected chi connectivity index (χ1v) is 9.27. The topological polar surface area (TPSA) is 21.3 Å². The molecule has 1 heterocycles. The lowest BCUT2D eigenvalue weighted by Gasteiger charge is -2.12. The van der Waals surface area contributed by atoms with Crippen molar-refractivity contribution in [2.45, 2.75) is 92.0 Å². The Morgan fingerprint density at radius 2 is 1.95 bits per heavy atom. The molecule has 21 heavy (non-hydrogen) atoms. The minimum Gasteiger partial charge on any atom is -0.374 e. The molecule has 122 valence electrons. The van der Waals surface area contributed by atoms with Gasteiger partial charge in [-0.15, -0.1) is 11.3 Å². The third-order valence-electron chi connectivity index (χ3n) is 3.74. The molecular weight excluding hydrogens is 278 g/mol. The summed E-state index contributed by atoms with van der Waals surface area (Å²) in [6.07, 6.45) is 6.84. The molecule has 3 heteroatoms. The second-order valence-electron chi connectivity index (χ2n) is 6.30. The van der Waals surface area contributed by atoms with Crippen molar-refractivity contribution in [1.82, 2.24) is 5.32 Å². The lowest BCUT2D eigenvalue weighted by Crippen LogP contribution is -2.21. The van der Waals surface area contributed by atoms with E-state index in [1.807, 2.05) is 11.3 Å². The van der Waals surface area contributed by atoms with Gasteiger partial charge < -0.3 is 10.1 Å². The third kappa shape index (κ3) is 7.98. The smallest absolute Gasteiger partial charge is 0.0731 e. The highest BCUT2D eigenvalue weighted by Gasteiger charge is 2.08. The maximum absolute atomic E-state index is 6.01. The van der Waals surface area contributed by atoms with Crippen LogP contribution in [0.4, 0.5) is 0 Å². The number of unbranched alkanes of at least 4 members (excludes halogenated alkanes) is 3. The Kier molecular flexibility index (Phi) is 9.21. The lowest BCUT2D eigenvalue weighted by molar-refractivity contribution is 0.0458. The van der Waals surface area contributed by atoms with Gasteiger partial charge in [-0.25, -0.2) is 0 Å². The van der Waals surface area contributed by atoms with Crippen LogP contribution in [-0.2, 0) is 17.9 Å². The summed E-state index contributed by atoms with van der Waals surface area (Å²) in [5, 5.41) is 3.48. The monoisotopic (exact) mass is 311 g/mol. The molecule has 0 aliphatic rings. The molecule has 0 saturated carbocycles. The molecule has 1 aromatic rings. The lowest BCUT2D eigenvalue weighted by atomic mass is 10.1. The summed E-state index contributed by atoms with van der Waals surface area (Å²) in [6, 6.07) is 2.84. The number of hydrogen-bond acceptors (Lipinski definition) is 3. The molecule has 1 N–H and O–H groups in total. The van der Waals surface area contributed by atoms with Crippen molar-refractivity contribution in [1.29, 1.82) is 0 Å². The predicted molar refractivity (Wildman–Crippen MR) is 94.0 cm³/mol. The first kappa shape index (κ1) is 18.7. The van der Waals surface area contributed by atoms with E-state index in [1.165, 1.54) is 47.4 Å². The fourth-order valence-corrected chi connectivity index (χ4v) is 3.30. The van der Waals surface area contributed by atoms with Crippen molar-refractivity contribution in [3.8, 4) is 0 Å². The molecule has 0 aliphatic carbocycles. The Hall–Kier alpha value is -0.380. The van der Waals surface area contributed by atoms with Crippen LogP contribution >= 0.6 is 11.3 Å². The van der Waals surface area contributed by atoms with Crippen molar-refractivity contribution in [3.63, 3.8) is 0 Å². The zero-order chi connectivity index (χ0) is 15.7. The molecule has 0 fully saturated rings. The fraction of sp³-hybridized carbons (Fsp3) is 0.778. The average Bonchev–Trinajstić information content (AvgIpc) is 2.79. The van der Waals surface area contributed by atoms with Gasteiger partial charge in [0.2, 0.25) is 0 Å². The quantitative estimate of drug-likeness (QED) is 0.550. The number of thiophene rings is 1. The third-order valence-corrected chi connectivity index (χ3v) is 4.84. The van der Waals surface area contributed by atoms with E-state index in [4.69, 9.17) is 4.74 Å². The van der Waals surface area contributed by atoms with Crippen molar-refractivity contribution < 1.29 is 4.74 Å². The van der Waals surface area contributed by atoms with E-state index in [2.05, 4.69) is 46.0 Å². The molecular formula is C18H33NOS. The van der Waals surface area contributed by atoms with Gasteiger partial charge in [0, 0.05) is 22.3 Å². The first-order valence-electron chi connectivity index (χ1n) is 8.46. The number of rotatable bonds is 11. The van der Waals surface area contributed by atoms with Gasteiger partial charge in [-0.1, -0.05) is 46.5 Å². The van der Waals surface area contributed by atoms with Crippen LogP contribution in [0.1, 0.15) is 75.1 Å². The van der Waals surface area contributed by atoms with Crippen LogP contribution in [0.25, 0.3) is 0 Å². The Balaban J connectivity index is 2.30. The highest BCUT2D eigenvalue weighted by atomic mass is 32.1. The molecule has 0 spiro atoms. The van der Waals surface area contributed by atoms with Crippen molar-refractivity contribution in [2.24, 2.45) is 0 Å². The van der Waals surface area contributed by atoms with Gasteiger partial charge in [0.25, 0.3) is 0 Å². The minimum absolute atomic E-state index is 0.374. The molecule has 1 rings (SSSR count). The number of ether oxygens (including phenoxy) is 1. The van der Waals surface area contributed by atoms with Crippen LogP contribution in [-0.4, -0.2) is 12.1 Å². The maximum Gasteiger partial charge on any atom is 0.0731 e. The summed E-state index contributed by atoms with van der Waals surface area (Å²) in [6.45, 7) is 12.8. The van der Waals surface area contributed by atoms with E-state index in [0.29, 0.717) is 12.1 Å². The molecule has 0 saturated heterocycles. The second-order valence-corrected chi connectivity index (χ2v) is 7.64. The summed E-state index contributed by atoms with van der Waals surface area (Å²) < 4.78 is 6.01. The molecule has 0 aromatic carbocycles. The highest BCUT2D eigenvalue weighted by molar-refractivity contribution is 7.12. The van der Waals surface area contributed by atoms with Crippen molar-refractivity contribution in [2.75, 3.05) is 0 Å². The zero-order valence-electron chi connectivity index (χ0n) is 14.5. The van der Waals surface area contributed by atoms with Gasteiger partial charge in [-0.05, 0) is 31.9 Å². The fourth-order valence-electron chi connectivity index (χ4n) is 2.30. The zero-order valence-corrected chi connectivity index (χ0v) is 15.3. The molecule has 2 nitrogen and oxygen atoms in total. The summed E-state index contributed by atoms with van der Waals surface area (Å²) >= 11 is 1.89. The summed E-state index contributed by atoms with van der Waals surface area (Å²) in [5.74, 6) is 0.